The van der Waals surface area contributed by atoms with Crippen LogP contribution in [0.1, 0.15) is 52.2 Å². The average molecular weight is 446 g/mol. The number of likely N-dealkylation sites (tertiary alicyclic amines) is 1. The first kappa shape index (κ1) is 22.8. The molecule has 1 saturated heterocycles. The molecule has 2 heterocycles. The van der Waals surface area contributed by atoms with Crippen LogP contribution in [0, 0.1) is 0 Å². The first-order valence-corrected chi connectivity index (χ1v) is 10.6. The lowest BCUT2D eigenvalue weighted by molar-refractivity contribution is 0.00402. The summed E-state index contributed by atoms with van der Waals surface area (Å²) in [6, 6.07) is -1.38. The second-order valence-electron chi connectivity index (χ2n) is 7.56. The molecule has 12 heteroatoms. The minimum atomic E-state index is -4.95. The summed E-state index contributed by atoms with van der Waals surface area (Å²) in [4.78, 5) is 12.4. The normalized spacial score (nSPS) is 19.8. The van der Waals surface area contributed by atoms with Crippen molar-refractivity contribution in [3.05, 3.63) is 10.8 Å². The summed E-state index contributed by atoms with van der Waals surface area (Å²) in [6.07, 6.45) is -3.06. The van der Waals surface area contributed by atoms with Crippen molar-refractivity contribution in [1.29, 1.82) is 0 Å². The van der Waals surface area contributed by atoms with E-state index < -0.39 is 55.2 Å². The number of alkyl halides is 3. The monoisotopic (exact) mass is 445 g/mol. The number of piperidine rings is 1. The summed E-state index contributed by atoms with van der Waals surface area (Å²) in [6.45, 7) is 4.96. The summed E-state index contributed by atoms with van der Waals surface area (Å²) < 4.78 is 73.3. The fourth-order valence-electron chi connectivity index (χ4n) is 3.01. The van der Waals surface area contributed by atoms with Crippen LogP contribution in [0.15, 0.2) is 4.90 Å². The number of aryl methyl sites for hydroxylation is 1. The van der Waals surface area contributed by atoms with Gasteiger partial charge in [0.05, 0.1) is 6.04 Å². The van der Waals surface area contributed by atoms with E-state index in [4.69, 9.17) is 16.3 Å². The fraction of sp³-hybridized carbons (Fsp3) is 0.750. The number of carbonyl (C=O) groups is 1. The van der Waals surface area contributed by atoms with E-state index in [1.807, 2.05) is 0 Å². The zero-order chi connectivity index (χ0) is 21.4. The van der Waals surface area contributed by atoms with Gasteiger partial charge < -0.3 is 9.64 Å². The molecular weight excluding hydrogens is 423 g/mol. The molecule has 0 saturated carbocycles. The van der Waals surface area contributed by atoms with Crippen molar-refractivity contribution >= 4 is 27.5 Å². The van der Waals surface area contributed by atoms with E-state index in [1.165, 1.54) is 7.05 Å². The van der Waals surface area contributed by atoms with Gasteiger partial charge in [-0.25, -0.2) is 26.4 Å². The smallest absolute Gasteiger partial charge is 0.410 e. The van der Waals surface area contributed by atoms with Crippen LogP contribution in [0.5, 0.6) is 0 Å². The van der Waals surface area contributed by atoms with Gasteiger partial charge in [0.2, 0.25) is 15.3 Å². The van der Waals surface area contributed by atoms with E-state index >= 15 is 4.39 Å². The minimum absolute atomic E-state index is 0.0432. The quantitative estimate of drug-likeness (QED) is 0.702. The molecular formula is C16H23ClF3N3O4S. The highest BCUT2D eigenvalue weighted by atomic mass is 35.5. The number of ether oxygens (including phenoxy) is 1. The van der Waals surface area contributed by atoms with E-state index in [1.54, 1.807) is 20.8 Å². The van der Waals surface area contributed by atoms with Crippen LogP contribution in [0.2, 0.25) is 5.15 Å². The molecule has 2 atom stereocenters. The van der Waals surface area contributed by atoms with Crippen molar-refractivity contribution < 1.29 is 31.1 Å². The molecule has 1 aliphatic heterocycles. The summed E-state index contributed by atoms with van der Waals surface area (Å²) in [5.74, 6) is 0. The van der Waals surface area contributed by atoms with Gasteiger partial charge in [-0.3, -0.25) is 4.68 Å². The van der Waals surface area contributed by atoms with Gasteiger partial charge in [0.25, 0.3) is 6.43 Å². The van der Waals surface area contributed by atoms with Crippen LogP contribution < -0.4 is 0 Å². The molecule has 2 rings (SSSR count). The Kier molecular flexibility index (Phi) is 6.59. The van der Waals surface area contributed by atoms with Gasteiger partial charge in [-0.15, -0.1) is 0 Å². The van der Waals surface area contributed by atoms with Gasteiger partial charge in [0.1, 0.15) is 21.3 Å². The molecule has 7 nitrogen and oxygen atoms in total. The lowest BCUT2D eigenvalue weighted by atomic mass is 10.0. The molecule has 0 aromatic carbocycles. The fourth-order valence-corrected chi connectivity index (χ4v) is 5.17. The number of carbonyl (C=O) groups excluding carboxylic acids is 1. The van der Waals surface area contributed by atoms with Gasteiger partial charge >= 0.3 is 6.09 Å². The standard InChI is InChI=1S/C16H23ClF3N3O4S/c1-16(2,3)27-15(24)23-8-6-5-7-9(23)14(20)28(25,26)11-10(13(18)19)21-22(4)12(11)17/h9,13-14H,5-8H2,1-4H3. The third-order valence-electron chi connectivity index (χ3n) is 4.23. The third-order valence-corrected chi connectivity index (χ3v) is 6.65. The van der Waals surface area contributed by atoms with Gasteiger partial charge in [-0.1, -0.05) is 11.6 Å². The Morgan fingerprint density at radius 3 is 2.43 bits per heavy atom. The van der Waals surface area contributed by atoms with Crippen LogP contribution in [0.3, 0.4) is 0 Å². The van der Waals surface area contributed by atoms with Crippen molar-refractivity contribution in [3.63, 3.8) is 0 Å². The topological polar surface area (TPSA) is 81.5 Å². The van der Waals surface area contributed by atoms with Crippen molar-refractivity contribution in [2.75, 3.05) is 6.54 Å². The summed E-state index contributed by atoms with van der Waals surface area (Å²) in [7, 11) is -3.77. The number of nitrogens with zero attached hydrogens (tertiary/aromatic N) is 3. The van der Waals surface area contributed by atoms with Crippen molar-refractivity contribution in [2.45, 2.75) is 68.5 Å². The Labute approximate surface area is 166 Å². The second kappa shape index (κ2) is 8.10. The second-order valence-corrected chi connectivity index (χ2v) is 9.87. The van der Waals surface area contributed by atoms with E-state index in [2.05, 4.69) is 5.10 Å². The maximum Gasteiger partial charge on any atom is 0.410 e. The number of hydrogen-bond acceptors (Lipinski definition) is 5. The van der Waals surface area contributed by atoms with Crippen LogP contribution in [-0.2, 0) is 21.6 Å². The molecule has 0 N–H and O–H groups in total. The molecule has 1 fully saturated rings. The molecule has 160 valence electrons. The van der Waals surface area contributed by atoms with Crippen molar-refractivity contribution in [3.8, 4) is 0 Å². The Morgan fingerprint density at radius 2 is 1.89 bits per heavy atom. The Bertz CT molecular complexity index is 839. The summed E-state index contributed by atoms with van der Waals surface area (Å²) >= 11 is 5.83. The van der Waals surface area contributed by atoms with E-state index in [-0.39, 0.29) is 13.0 Å². The van der Waals surface area contributed by atoms with Crippen LogP contribution >= 0.6 is 11.6 Å². The molecule has 0 bridgehead atoms. The van der Waals surface area contributed by atoms with Gasteiger partial charge in [0, 0.05) is 13.6 Å². The number of hydrogen-bond donors (Lipinski definition) is 0. The highest BCUT2D eigenvalue weighted by Gasteiger charge is 2.46. The largest absolute Gasteiger partial charge is 0.444 e. The zero-order valence-electron chi connectivity index (χ0n) is 16.0. The third kappa shape index (κ3) is 4.56. The lowest BCUT2D eigenvalue weighted by Gasteiger charge is -2.37. The van der Waals surface area contributed by atoms with Crippen molar-refractivity contribution in [2.24, 2.45) is 7.05 Å². The molecule has 2 unspecified atom stereocenters. The number of rotatable bonds is 4. The Hall–Kier alpha value is -1.49. The predicted octanol–water partition coefficient (Wildman–Crippen LogP) is 3.87. The molecule has 1 aliphatic rings. The van der Waals surface area contributed by atoms with Crippen LogP contribution in [0.25, 0.3) is 0 Å². The number of aromatic nitrogens is 2. The minimum Gasteiger partial charge on any atom is -0.444 e. The highest BCUT2D eigenvalue weighted by Crippen LogP contribution is 2.37. The van der Waals surface area contributed by atoms with E-state index in [9.17, 15) is 22.0 Å². The number of halogens is 4. The SMILES string of the molecule is Cn1nc(C(F)F)c(S(=O)(=O)C(F)C2CCCCN2C(=O)OC(C)(C)C)c1Cl. The number of sulfone groups is 1. The zero-order valence-corrected chi connectivity index (χ0v) is 17.5. The molecule has 1 aromatic heterocycles. The van der Waals surface area contributed by atoms with Gasteiger partial charge in [0.15, 0.2) is 0 Å². The molecule has 1 amide bonds. The average Bonchev–Trinajstić information content (AvgIpc) is 2.88. The first-order valence-electron chi connectivity index (χ1n) is 8.65. The molecule has 28 heavy (non-hydrogen) atoms. The predicted molar refractivity (Wildman–Crippen MR) is 95.8 cm³/mol. The first-order chi connectivity index (χ1) is 12.8. The number of amides is 1. The maximum absolute atomic E-state index is 15.3. The van der Waals surface area contributed by atoms with Gasteiger partial charge in [-0.2, -0.15) is 5.10 Å². The molecule has 1 aromatic rings. The summed E-state index contributed by atoms with van der Waals surface area (Å²) in [5.41, 5.74) is -4.63. The van der Waals surface area contributed by atoms with Crippen LogP contribution in [-0.4, -0.2) is 52.9 Å². The maximum atomic E-state index is 15.3. The molecule has 0 spiro atoms. The summed E-state index contributed by atoms with van der Waals surface area (Å²) in [5, 5.41) is 2.78. The van der Waals surface area contributed by atoms with Crippen LogP contribution in [0.4, 0.5) is 18.0 Å². The molecule has 0 aliphatic carbocycles. The highest BCUT2D eigenvalue weighted by molar-refractivity contribution is 7.92. The Morgan fingerprint density at radius 1 is 1.29 bits per heavy atom. The Balaban J connectivity index is 2.42. The van der Waals surface area contributed by atoms with Gasteiger partial charge in [-0.05, 0) is 40.0 Å². The lowest BCUT2D eigenvalue weighted by Crippen LogP contribution is -2.52. The van der Waals surface area contributed by atoms with Crippen molar-refractivity contribution in [1.82, 2.24) is 14.7 Å². The van der Waals surface area contributed by atoms with E-state index in [0.717, 1.165) is 9.58 Å². The molecule has 0 radical (unpaired) electrons. The van der Waals surface area contributed by atoms with E-state index in [0.29, 0.717) is 12.8 Å².